The number of nitrogens with one attached hydrogen (secondary N) is 1. The van der Waals surface area contributed by atoms with Crippen molar-refractivity contribution in [3.8, 4) is 0 Å². The van der Waals surface area contributed by atoms with Crippen LogP contribution < -0.4 is 5.32 Å². The zero-order valence-electron chi connectivity index (χ0n) is 57.5. The van der Waals surface area contributed by atoms with Crippen molar-refractivity contribution in [3.05, 3.63) is 24.3 Å². The van der Waals surface area contributed by atoms with Crippen molar-refractivity contribution < 1.29 is 64.6 Å². The average Bonchev–Trinajstić information content (AvgIpc) is 1.44. The summed E-state index contributed by atoms with van der Waals surface area (Å²) in [6.45, 7) is 2.91. The maximum absolute atomic E-state index is 13.4. The molecule has 2 fully saturated rings. The molecule has 14 heteroatoms. The molecular weight excluding hydrogens is 1120 g/mol. The number of hydrogen-bond donors (Lipinski definition) is 9. The molecule has 0 spiro atoms. The molecule has 0 aliphatic carbocycles. The van der Waals surface area contributed by atoms with Gasteiger partial charge in [-0.25, -0.2) is 0 Å². The molecule has 2 saturated heterocycles. The minimum absolute atomic E-state index is 0.198. The first-order chi connectivity index (χ1) is 43.6. The van der Waals surface area contributed by atoms with Gasteiger partial charge in [-0.05, 0) is 44.9 Å². The normalized spacial score (nSPS) is 23.1. The largest absolute Gasteiger partial charge is 0.394 e. The van der Waals surface area contributed by atoms with E-state index in [2.05, 4.69) is 43.5 Å². The highest BCUT2D eigenvalue weighted by Crippen LogP contribution is 2.30. The van der Waals surface area contributed by atoms with Gasteiger partial charge in [0.1, 0.15) is 48.8 Å². The van der Waals surface area contributed by atoms with E-state index < -0.39 is 86.8 Å². The number of ether oxygens (including phenoxy) is 4. The van der Waals surface area contributed by atoms with Gasteiger partial charge in [0, 0.05) is 6.42 Å². The summed E-state index contributed by atoms with van der Waals surface area (Å²) in [4.78, 5) is 13.4. The Labute approximate surface area is 545 Å². The predicted octanol–water partition coefficient (Wildman–Crippen LogP) is 16.3. The third-order valence-corrected chi connectivity index (χ3v) is 18.9. The number of unbranched alkanes of at least 4 members (excludes halogenated alkanes) is 47. The Balaban J connectivity index is 1.57. The minimum atomic E-state index is -1.78. The summed E-state index contributed by atoms with van der Waals surface area (Å²) in [5.74, 6) is -0.198. The molecule has 0 aromatic carbocycles. The van der Waals surface area contributed by atoms with Crippen molar-refractivity contribution in [2.24, 2.45) is 0 Å². The number of aliphatic hydroxyl groups is 8. The van der Waals surface area contributed by atoms with Crippen LogP contribution >= 0.6 is 0 Å². The summed E-state index contributed by atoms with van der Waals surface area (Å²) in [6.07, 6.45) is 59.3. The van der Waals surface area contributed by atoms with Crippen molar-refractivity contribution in [2.75, 3.05) is 19.8 Å². The maximum atomic E-state index is 13.4. The molecule has 2 aliphatic rings. The number of rotatable bonds is 64. The Morgan fingerprint density at radius 2 is 0.742 bits per heavy atom. The Bertz CT molecular complexity index is 1590. The van der Waals surface area contributed by atoms with E-state index in [4.69, 9.17) is 18.9 Å². The molecule has 526 valence electrons. The number of hydrogen-bond acceptors (Lipinski definition) is 13. The number of allylic oxidation sites excluding steroid dienone is 4. The molecule has 89 heavy (non-hydrogen) atoms. The van der Waals surface area contributed by atoms with Gasteiger partial charge in [0.05, 0.1) is 32.0 Å². The van der Waals surface area contributed by atoms with Crippen molar-refractivity contribution in [2.45, 2.75) is 428 Å². The molecule has 14 nitrogen and oxygen atoms in total. The van der Waals surface area contributed by atoms with Gasteiger partial charge in [0.25, 0.3) is 0 Å². The highest BCUT2D eigenvalue weighted by atomic mass is 16.7. The van der Waals surface area contributed by atoms with Gasteiger partial charge < -0.3 is 65.1 Å². The summed E-state index contributed by atoms with van der Waals surface area (Å²) >= 11 is 0. The van der Waals surface area contributed by atoms with Crippen LogP contribution in [0.4, 0.5) is 0 Å². The van der Waals surface area contributed by atoms with Crippen LogP contribution in [0.15, 0.2) is 24.3 Å². The fourth-order valence-corrected chi connectivity index (χ4v) is 12.9. The van der Waals surface area contributed by atoms with E-state index in [0.29, 0.717) is 12.8 Å². The molecule has 0 aromatic heterocycles. The molecule has 0 aromatic rings. The first-order valence-corrected chi connectivity index (χ1v) is 38.1. The van der Waals surface area contributed by atoms with Gasteiger partial charge in [-0.2, -0.15) is 0 Å². The second-order valence-corrected chi connectivity index (χ2v) is 27.1. The van der Waals surface area contributed by atoms with E-state index >= 15 is 0 Å². The number of amides is 1. The van der Waals surface area contributed by atoms with Crippen LogP contribution in [0.1, 0.15) is 354 Å². The number of carbonyl (C=O) groups excluding carboxylic acids is 1. The fourth-order valence-electron chi connectivity index (χ4n) is 12.9. The Morgan fingerprint density at radius 1 is 0.404 bits per heavy atom. The van der Waals surface area contributed by atoms with E-state index in [9.17, 15) is 45.6 Å². The second kappa shape index (κ2) is 60.2. The lowest BCUT2D eigenvalue weighted by molar-refractivity contribution is -0.359. The summed E-state index contributed by atoms with van der Waals surface area (Å²) in [6, 6.07) is -0.826. The smallest absolute Gasteiger partial charge is 0.220 e. The van der Waals surface area contributed by atoms with E-state index in [0.717, 1.165) is 57.8 Å². The van der Waals surface area contributed by atoms with Gasteiger partial charge in [-0.15, -0.1) is 0 Å². The third-order valence-electron chi connectivity index (χ3n) is 18.9. The topological polar surface area (TPSA) is 228 Å². The molecule has 12 atom stereocenters. The lowest BCUT2D eigenvalue weighted by Gasteiger charge is -2.46. The fraction of sp³-hybridized carbons (Fsp3) is 0.933. The Hall–Kier alpha value is -1.53. The SMILES string of the molecule is CCCCCCC/C=C\C/C=C\CCCCCCCCCCCCCCCCCCCCCCCCCCCC(=O)NC(COC1OC(CO)C(OC2OC(CO)C(O)C(O)C2O)C(O)C1O)C(O)CCCCCCCCCCCCCCCCCCCC. The van der Waals surface area contributed by atoms with Crippen LogP contribution in [0.5, 0.6) is 0 Å². The number of aliphatic hydroxyl groups excluding tert-OH is 8. The molecule has 1 amide bonds. The minimum Gasteiger partial charge on any atom is -0.394 e. The molecule has 0 bridgehead atoms. The molecule has 9 N–H and O–H groups in total. The Morgan fingerprint density at radius 3 is 1.12 bits per heavy atom. The van der Waals surface area contributed by atoms with Crippen LogP contribution in [0.3, 0.4) is 0 Å². The zero-order chi connectivity index (χ0) is 64.5. The maximum Gasteiger partial charge on any atom is 0.220 e. The molecular formula is C75H143NO13. The highest BCUT2D eigenvalue weighted by Gasteiger charge is 2.51. The van der Waals surface area contributed by atoms with Gasteiger partial charge in [-0.3, -0.25) is 4.79 Å². The van der Waals surface area contributed by atoms with Crippen molar-refractivity contribution in [1.29, 1.82) is 0 Å². The van der Waals surface area contributed by atoms with E-state index in [-0.39, 0.29) is 12.5 Å². The first kappa shape index (κ1) is 83.6. The zero-order valence-corrected chi connectivity index (χ0v) is 57.5. The molecule has 2 heterocycles. The van der Waals surface area contributed by atoms with Crippen molar-refractivity contribution >= 4 is 5.91 Å². The van der Waals surface area contributed by atoms with Crippen molar-refractivity contribution in [3.63, 3.8) is 0 Å². The third kappa shape index (κ3) is 44.0. The van der Waals surface area contributed by atoms with Crippen LogP contribution in [-0.4, -0.2) is 140 Å². The molecule has 2 aliphatic heterocycles. The first-order valence-electron chi connectivity index (χ1n) is 38.1. The average molecular weight is 1270 g/mol. The quantitative estimate of drug-likeness (QED) is 0.0204. The standard InChI is InChI=1S/C75H143NO13/c1-3-5-7-9-11-13-15-17-19-21-23-24-25-26-27-28-29-30-31-32-33-34-35-36-37-38-39-40-41-43-45-47-49-51-53-55-57-59-67(80)76-63(64(79)58-56-54-52-50-48-46-44-42-22-20-18-16-14-12-10-8-6-4-2)62-86-74-72(85)70(83)73(66(61-78)88-74)89-75-71(84)69(82)68(81)65(60-77)87-75/h15,17,21,23,63-66,68-75,77-79,81-85H,3-14,16,18-20,22,24-62H2,1-2H3,(H,76,80)/b17-15-,23-21-. The molecule has 0 saturated carbocycles. The van der Waals surface area contributed by atoms with Crippen LogP contribution in [-0.2, 0) is 23.7 Å². The molecule has 12 unspecified atom stereocenters. The van der Waals surface area contributed by atoms with Crippen LogP contribution in [0, 0.1) is 0 Å². The number of carbonyl (C=O) groups is 1. The molecule has 0 radical (unpaired) electrons. The highest BCUT2D eigenvalue weighted by molar-refractivity contribution is 5.76. The van der Waals surface area contributed by atoms with Gasteiger partial charge in [-0.1, -0.05) is 327 Å². The van der Waals surface area contributed by atoms with Gasteiger partial charge in [0.15, 0.2) is 12.6 Å². The van der Waals surface area contributed by atoms with E-state index in [1.165, 1.54) is 270 Å². The lowest BCUT2D eigenvalue weighted by Crippen LogP contribution is -2.65. The Kier molecular flexibility index (Phi) is 56.5. The summed E-state index contributed by atoms with van der Waals surface area (Å²) < 4.78 is 22.9. The van der Waals surface area contributed by atoms with Gasteiger partial charge in [0.2, 0.25) is 5.91 Å². The second-order valence-electron chi connectivity index (χ2n) is 27.1. The summed E-state index contributed by atoms with van der Waals surface area (Å²) in [5, 5.41) is 87.7. The van der Waals surface area contributed by atoms with E-state index in [1.54, 1.807) is 0 Å². The van der Waals surface area contributed by atoms with Crippen LogP contribution in [0.2, 0.25) is 0 Å². The lowest BCUT2D eigenvalue weighted by atomic mass is 9.97. The molecule has 2 rings (SSSR count). The van der Waals surface area contributed by atoms with Gasteiger partial charge >= 0.3 is 0 Å². The summed E-state index contributed by atoms with van der Waals surface area (Å²) in [7, 11) is 0. The van der Waals surface area contributed by atoms with E-state index in [1.807, 2.05) is 0 Å². The monoisotopic (exact) mass is 1270 g/mol. The van der Waals surface area contributed by atoms with Crippen molar-refractivity contribution in [1.82, 2.24) is 5.32 Å². The summed E-state index contributed by atoms with van der Waals surface area (Å²) in [5.41, 5.74) is 0. The predicted molar refractivity (Wildman–Crippen MR) is 365 cm³/mol. The van der Waals surface area contributed by atoms with Crippen LogP contribution in [0.25, 0.3) is 0 Å².